The van der Waals surface area contributed by atoms with Crippen LogP contribution in [0.4, 0.5) is 0 Å². The molecule has 0 aliphatic carbocycles. The summed E-state index contributed by atoms with van der Waals surface area (Å²) >= 11 is 0. The van der Waals surface area contributed by atoms with Crippen LogP contribution in [-0.2, 0) is 23.1 Å². The van der Waals surface area contributed by atoms with Crippen LogP contribution in [0, 0.1) is 13.8 Å². The number of aromatic nitrogens is 2. The van der Waals surface area contributed by atoms with E-state index in [4.69, 9.17) is 5.11 Å². The molecule has 1 rings (SSSR count). The van der Waals surface area contributed by atoms with Crippen molar-refractivity contribution in [1.82, 2.24) is 15.1 Å². The van der Waals surface area contributed by atoms with Crippen LogP contribution in [0.15, 0.2) is 0 Å². The molecule has 0 aromatic carbocycles. The van der Waals surface area contributed by atoms with E-state index in [1.165, 1.54) is 0 Å². The molecule has 0 fully saturated rings. The van der Waals surface area contributed by atoms with Crippen molar-refractivity contribution in [2.75, 3.05) is 0 Å². The van der Waals surface area contributed by atoms with Crippen LogP contribution in [0.25, 0.3) is 0 Å². The lowest BCUT2D eigenvalue weighted by Crippen LogP contribution is -2.34. The number of aryl methyl sites for hydroxylation is 2. The molecule has 0 saturated carbocycles. The molecule has 6 heteroatoms. The second kappa shape index (κ2) is 6.36. The molecule has 106 valence electrons. The van der Waals surface area contributed by atoms with Crippen LogP contribution < -0.4 is 5.32 Å². The van der Waals surface area contributed by atoms with Crippen molar-refractivity contribution < 1.29 is 14.7 Å². The first-order valence-corrected chi connectivity index (χ1v) is 6.31. The van der Waals surface area contributed by atoms with E-state index >= 15 is 0 Å². The lowest BCUT2D eigenvalue weighted by atomic mass is 10.1. The summed E-state index contributed by atoms with van der Waals surface area (Å²) in [6.45, 7) is 5.85. The van der Waals surface area contributed by atoms with Crippen molar-refractivity contribution in [1.29, 1.82) is 0 Å². The van der Waals surface area contributed by atoms with Gasteiger partial charge in [0.05, 0.1) is 12.1 Å². The molecule has 0 saturated heterocycles. The van der Waals surface area contributed by atoms with E-state index in [2.05, 4.69) is 10.4 Å². The molecule has 1 atom stereocenters. The second-order valence-corrected chi connectivity index (χ2v) is 4.84. The number of nitrogens with one attached hydrogen (secondary N) is 1. The molecule has 6 nitrogen and oxygen atoms in total. The number of amides is 1. The molecule has 1 aromatic rings. The van der Waals surface area contributed by atoms with E-state index in [-0.39, 0.29) is 24.8 Å². The summed E-state index contributed by atoms with van der Waals surface area (Å²) in [4.78, 5) is 21.9. The van der Waals surface area contributed by atoms with Gasteiger partial charge in [-0.05, 0) is 32.8 Å². The molecule has 19 heavy (non-hydrogen) atoms. The van der Waals surface area contributed by atoms with E-state index in [1.54, 1.807) is 0 Å². The number of rotatable bonds is 6. The Labute approximate surface area is 112 Å². The average molecular weight is 267 g/mol. The predicted molar refractivity (Wildman–Crippen MR) is 70.9 cm³/mol. The minimum atomic E-state index is -0.957. The minimum Gasteiger partial charge on any atom is -0.481 e. The standard InChI is InChI=1S/C13H21N3O3/c1-8(14-12(17)5-6-13(18)19)7-11-9(2)15-16(4)10(11)3/h8H,5-7H2,1-4H3,(H,14,17)(H,18,19). The van der Waals surface area contributed by atoms with Gasteiger partial charge in [-0.3, -0.25) is 14.3 Å². The molecule has 2 N–H and O–H groups in total. The summed E-state index contributed by atoms with van der Waals surface area (Å²) in [5.74, 6) is -1.18. The van der Waals surface area contributed by atoms with E-state index < -0.39 is 5.97 Å². The zero-order chi connectivity index (χ0) is 14.6. The zero-order valence-electron chi connectivity index (χ0n) is 11.9. The zero-order valence-corrected chi connectivity index (χ0v) is 11.9. The molecule has 0 aliphatic heterocycles. The van der Waals surface area contributed by atoms with Crippen molar-refractivity contribution in [3.8, 4) is 0 Å². The molecular formula is C13H21N3O3. The highest BCUT2D eigenvalue weighted by Gasteiger charge is 2.15. The fraction of sp³-hybridized carbons (Fsp3) is 0.615. The molecule has 1 heterocycles. The summed E-state index contributed by atoms with van der Waals surface area (Å²) in [6.07, 6.45) is 0.582. The first kappa shape index (κ1) is 15.2. The molecule has 1 unspecified atom stereocenters. The van der Waals surface area contributed by atoms with Gasteiger partial charge < -0.3 is 10.4 Å². The van der Waals surface area contributed by atoms with E-state index in [0.717, 1.165) is 17.0 Å². The third-order valence-electron chi connectivity index (χ3n) is 3.14. The van der Waals surface area contributed by atoms with Crippen molar-refractivity contribution in [3.05, 3.63) is 17.0 Å². The lowest BCUT2D eigenvalue weighted by molar-refractivity contribution is -0.138. The maximum Gasteiger partial charge on any atom is 0.303 e. The number of carbonyl (C=O) groups is 2. The average Bonchev–Trinajstić information content (AvgIpc) is 2.53. The second-order valence-electron chi connectivity index (χ2n) is 4.84. The van der Waals surface area contributed by atoms with Crippen LogP contribution >= 0.6 is 0 Å². The van der Waals surface area contributed by atoms with Gasteiger partial charge in [0.15, 0.2) is 0 Å². The molecule has 0 aliphatic rings. The van der Waals surface area contributed by atoms with Gasteiger partial charge in [-0.25, -0.2) is 0 Å². The smallest absolute Gasteiger partial charge is 0.303 e. The fourth-order valence-electron chi connectivity index (χ4n) is 2.04. The number of carboxylic acids is 1. The summed E-state index contributed by atoms with van der Waals surface area (Å²) < 4.78 is 1.82. The Hall–Kier alpha value is -1.85. The van der Waals surface area contributed by atoms with Gasteiger partial charge in [-0.2, -0.15) is 5.10 Å². The van der Waals surface area contributed by atoms with Crippen LogP contribution in [0.1, 0.15) is 36.7 Å². The minimum absolute atomic E-state index is 0.0185. The van der Waals surface area contributed by atoms with Crippen LogP contribution in [0.5, 0.6) is 0 Å². The van der Waals surface area contributed by atoms with Gasteiger partial charge in [0.25, 0.3) is 0 Å². The maximum absolute atomic E-state index is 11.5. The number of hydrogen-bond donors (Lipinski definition) is 2. The normalized spacial score (nSPS) is 12.2. The largest absolute Gasteiger partial charge is 0.481 e. The highest BCUT2D eigenvalue weighted by Crippen LogP contribution is 2.14. The lowest BCUT2D eigenvalue weighted by Gasteiger charge is -2.14. The Morgan fingerprint density at radius 1 is 1.37 bits per heavy atom. The van der Waals surface area contributed by atoms with Gasteiger partial charge >= 0.3 is 5.97 Å². The van der Waals surface area contributed by atoms with Crippen molar-refractivity contribution in [2.45, 2.75) is 46.1 Å². The number of hydrogen-bond acceptors (Lipinski definition) is 3. The number of carbonyl (C=O) groups excluding carboxylic acids is 1. The van der Waals surface area contributed by atoms with Gasteiger partial charge in [-0.1, -0.05) is 0 Å². The third-order valence-corrected chi connectivity index (χ3v) is 3.14. The summed E-state index contributed by atoms with van der Waals surface area (Å²) in [7, 11) is 1.89. The van der Waals surface area contributed by atoms with Crippen LogP contribution in [0.3, 0.4) is 0 Å². The first-order valence-electron chi connectivity index (χ1n) is 6.31. The maximum atomic E-state index is 11.5. The summed E-state index contributed by atoms with van der Waals surface area (Å²) in [5.41, 5.74) is 3.18. The highest BCUT2D eigenvalue weighted by molar-refractivity contribution is 5.80. The SMILES string of the molecule is Cc1nn(C)c(C)c1CC(C)NC(=O)CCC(=O)O. The van der Waals surface area contributed by atoms with Gasteiger partial charge in [0.2, 0.25) is 5.91 Å². The Morgan fingerprint density at radius 2 is 2.00 bits per heavy atom. The Morgan fingerprint density at radius 3 is 2.47 bits per heavy atom. The van der Waals surface area contributed by atoms with Gasteiger partial charge in [0, 0.05) is 25.2 Å². The van der Waals surface area contributed by atoms with Crippen LogP contribution in [0.2, 0.25) is 0 Å². The topological polar surface area (TPSA) is 84.2 Å². The molecular weight excluding hydrogens is 246 g/mol. The highest BCUT2D eigenvalue weighted by atomic mass is 16.4. The Bertz CT molecular complexity index is 480. The number of carboxylic acid groups (broad SMARTS) is 1. The molecule has 0 bridgehead atoms. The number of aliphatic carboxylic acids is 1. The molecule has 1 amide bonds. The van der Waals surface area contributed by atoms with Crippen molar-refractivity contribution >= 4 is 11.9 Å². The molecule has 0 radical (unpaired) electrons. The van der Waals surface area contributed by atoms with Crippen LogP contribution in [-0.4, -0.2) is 32.8 Å². The third kappa shape index (κ3) is 4.39. The summed E-state index contributed by atoms with van der Waals surface area (Å²) in [5, 5.41) is 15.7. The summed E-state index contributed by atoms with van der Waals surface area (Å²) in [6, 6.07) is -0.0390. The first-order chi connectivity index (χ1) is 8.81. The monoisotopic (exact) mass is 267 g/mol. The Kier molecular flexibility index (Phi) is 5.09. The molecule has 1 aromatic heterocycles. The van der Waals surface area contributed by atoms with E-state index in [9.17, 15) is 9.59 Å². The quantitative estimate of drug-likeness (QED) is 0.803. The van der Waals surface area contributed by atoms with E-state index in [1.807, 2.05) is 32.5 Å². The predicted octanol–water partition coefficient (Wildman–Crippen LogP) is 0.949. The van der Waals surface area contributed by atoms with E-state index in [0.29, 0.717) is 6.42 Å². The van der Waals surface area contributed by atoms with Crippen molar-refractivity contribution in [2.24, 2.45) is 7.05 Å². The van der Waals surface area contributed by atoms with Gasteiger partial charge in [0.1, 0.15) is 0 Å². The molecule has 0 spiro atoms. The number of nitrogens with zero attached hydrogens (tertiary/aromatic N) is 2. The fourth-order valence-corrected chi connectivity index (χ4v) is 2.04. The Balaban J connectivity index is 2.53. The van der Waals surface area contributed by atoms with Crippen molar-refractivity contribution in [3.63, 3.8) is 0 Å². The van der Waals surface area contributed by atoms with Gasteiger partial charge in [-0.15, -0.1) is 0 Å².